The molecule has 0 aromatic heterocycles. The third kappa shape index (κ3) is 2.80. The summed E-state index contributed by atoms with van der Waals surface area (Å²) in [5.41, 5.74) is 0.299. The second-order valence-corrected chi connectivity index (χ2v) is 5.06. The molecule has 1 heterocycles. The molecule has 1 amide bonds. The first-order chi connectivity index (χ1) is 8.58. The van der Waals surface area contributed by atoms with Crippen LogP contribution in [0.5, 0.6) is 0 Å². The zero-order chi connectivity index (χ0) is 13.1. The van der Waals surface area contributed by atoms with Gasteiger partial charge in [0.25, 0.3) is 11.6 Å². The SMILES string of the molecule is O=C(NC1CSCC1O)c1ccc([N+](=O)[O-])cc1. The van der Waals surface area contributed by atoms with Crippen molar-refractivity contribution < 1.29 is 14.8 Å². The van der Waals surface area contributed by atoms with Crippen LogP contribution < -0.4 is 5.32 Å². The average molecular weight is 268 g/mol. The zero-order valence-corrected chi connectivity index (χ0v) is 10.2. The van der Waals surface area contributed by atoms with Crippen molar-refractivity contribution in [1.29, 1.82) is 0 Å². The maximum Gasteiger partial charge on any atom is 0.269 e. The molecule has 0 aliphatic carbocycles. The molecule has 1 aromatic rings. The molecule has 0 saturated carbocycles. The third-order valence-electron chi connectivity index (χ3n) is 2.71. The second-order valence-electron chi connectivity index (χ2n) is 3.99. The van der Waals surface area contributed by atoms with Crippen LogP contribution >= 0.6 is 11.8 Å². The van der Waals surface area contributed by atoms with E-state index in [0.717, 1.165) is 0 Å². The first-order valence-corrected chi connectivity index (χ1v) is 6.54. The van der Waals surface area contributed by atoms with Gasteiger partial charge in [0.05, 0.1) is 17.1 Å². The van der Waals surface area contributed by atoms with Gasteiger partial charge in [0.2, 0.25) is 0 Å². The Kier molecular flexibility index (Phi) is 3.83. The van der Waals surface area contributed by atoms with Crippen molar-refractivity contribution in [2.24, 2.45) is 0 Å². The summed E-state index contributed by atoms with van der Waals surface area (Å²) in [4.78, 5) is 21.8. The summed E-state index contributed by atoms with van der Waals surface area (Å²) in [7, 11) is 0. The van der Waals surface area contributed by atoms with Crippen molar-refractivity contribution in [3.8, 4) is 0 Å². The largest absolute Gasteiger partial charge is 0.390 e. The Morgan fingerprint density at radius 3 is 2.56 bits per heavy atom. The molecule has 1 aliphatic rings. The lowest BCUT2D eigenvalue weighted by Crippen LogP contribution is -2.42. The van der Waals surface area contributed by atoms with Crippen molar-refractivity contribution >= 4 is 23.4 Å². The number of nitro benzene ring substituents is 1. The highest BCUT2D eigenvalue weighted by Gasteiger charge is 2.27. The molecular formula is C11H12N2O4S. The topological polar surface area (TPSA) is 92.5 Å². The summed E-state index contributed by atoms with van der Waals surface area (Å²) in [5.74, 6) is 0.974. The van der Waals surface area contributed by atoms with Crippen LogP contribution in [-0.2, 0) is 0 Å². The molecule has 7 heteroatoms. The maximum atomic E-state index is 11.8. The van der Waals surface area contributed by atoms with Crippen LogP contribution in [0.2, 0.25) is 0 Å². The highest BCUT2D eigenvalue weighted by molar-refractivity contribution is 7.99. The Morgan fingerprint density at radius 2 is 2.06 bits per heavy atom. The van der Waals surface area contributed by atoms with E-state index >= 15 is 0 Å². The van der Waals surface area contributed by atoms with Gasteiger partial charge in [-0.15, -0.1) is 0 Å². The molecule has 0 bridgehead atoms. The number of hydrogen-bond acceptors (Lipinski definition) is 5. The summed E-state index contributed by atoms with van der Waals surface area (Å²) < 4.78 is 0. The van der Waals surface area contributed by atoms with Crippen molar-refractivity contribution in [3.63, 3.8) is 0 Å². The number of hydrogen-bond donors (Lipinski definition) is 2. The molecule has 2 unspecified atom stereocenters. The minimum atomic E-state index is -0.531. The molecular weight excluding hydrogens is 256 g/mol. The zero-order valence-electron chi connectivity index (χ0n) is 9.41. The summed E-state index contributed by atoms with van der Waals surface area (Å²) in [6.45, 7) is 0. The number of thioether (sulfide) groups is 1. The van der Waals surface area contributed by atoms with Crippen LogP contribution in [0, 0.1) is 10.1 Å². The van der Waals surface area contributed by atoms with Gasteiger partial charge < -0.3 is 10.4 Å². The number of nitro groups is 1. The van der Waals surface area contributed by atoms with Gasteiger partial charge in [0.15, 0.2) is 0 Å². The Hall–Kier alpha value is -1.60. The van der Waals surface area contributed by atoms with Crippen molar-refractivity contribution in [2.75, 3.05) is 11.5 Å². The molecule has 2 rings (SSSR count). The number of carbonyl (C=O) groups excluding carboxylic acids is 1. The van der Waals surface area contributed by atoms with Crippen LogP contribution in [-0.4, -0.2) is 39.6 Å². The minimum absolute atomic E-state index is 0.0528. The summed E-state index contributed by atoms with van der Waals surface area (Å²) in [6.07, 6.45) is -0.531. The van der Waals surface area contributed by atoms with Gasteiger partial charge in [-0.1, -0.05) is 0 Å². The van der Waals surface area contributed by atoms with Gasteiger partial charge in [-0.25, -0.2) is 0 Å². The van der Waals surface area contributed by atoms with E-state index in [4.69, 9.17) is 0 Å². The molecule has 6 nitrogen and oxygen atoms in total. The van der Waals surface area contributed by atoms with E-state index in [2.05, 4.69) is 5.32 Å². The number of rotatable bonds is 3. The Bertz CT molecular complexity index is 463. The molecule has 1 saturated heterocycles. The third-order valence-corrected chi connectivity index (χ3v) is 3.88. The monoisotopic (exact) mass is 268 g/mol. The van der Waals surface area contributed by atoms with Crippen LogP contribution in [0.3, 0.4) is 0 Å². The molecule has 1 aliphatic heterocycles. The highest BCUT2D eigenvalue weighted by atomic mass is 32.2. The molecule has 1 fully saturated rings. The lowest BCUT2D eigenvalue weighted by molar-refractivity contribution is -0.384. The Balaban J connectivity index is 2.02. The predicted octanol–water partition coefficient (Wildman–Crippen LogP) is 0.801. The van der Waals surface area contributed by atoms with E-state index in [0.29, 0.717) is 17.1 Å². The van der Waals surface area contributed by atoms with E-state index in [9.17, 15) is 20.0 Å². The lowest BCUT2D eigenvalue weighted by Gasteiger charge is -2.15. The molecule has 0 spiro atoms. The van der Waals surface area contributed by atoms with Gasteiger partial charge in [0.1, 0.15) is 0 Å². The number of aliphatic hydroxyl groups excluding tert-OH is 1. The number of carbonyl (C=O) groups is 1. The van der Waals surface area contributed by atoms with Crippen LogP contribution in [0.25, 0.3) is 0 Å². The smallest absolute Gasteiger partial charge is 0.269 e. The molecule has 2 atom stereocenters. The van der Waals surface area contributed by atoms with Gasteiger partial charge in [0, 0.05) is 29.2 Å². The van der Waals surface area contributed by atoms with Gasteiger partial charge in [-0.3, -0.25) is 14.9 Å². The Labute approximate surface area is 108 Å². The number of nitrogens with zero attached hydrogens (tertiary/aromatic N) is 1. The number of aliphatic hydroxyl groups is 1. The normalized spacial score (nSPS) is 22.7. The van der Waals surface area contributed by atoms with Crippen LogP contribution in [0.4, 0.5) is 5.69 Å². The van der Waals surface area contributed by atoms with Gasteiger partial charge >= 0.3 is 0 Å². The molecule has 96 valence electrons. The summed E-state index contributed by atoms with van der Waals surface area (Å²) >= 11 is 1.58. The Morgan fingerprint density at radius 1 is 1.39 bits per heavy atom. The molecule has 18 heavy (non-hydrogen) atoms. The highest BCUT2D eigenvalue weighted by Crippen LogP contribution is 2.19. The van der Waals surface area contributed by atoms with Gasteiger partial charge in [-0.05, 0) is 12.1 Å². The molecule has 0 radical (unpaired) electrons. The first kappa shape index (κ1) is 12.8. The van der Waals surface area contributed by atoms with E-state index in [-0.39, 0.29) is 17.6 Å². The lowest BCUT2D eigenvalue weighted by atomic mass is 10.1. The predicted molar refractivity (Wildman–Crippen MR) is 67.7 cm³/mol. The van der Waals surface area contributed by atoms with Crippen molar-refractivity contribution in [3.05, 3.63) is 39.9 Å². The second kappa shape index (κ2) is 5.36. The number of amides is 1. The summed E-state index contributed by atoms with van der Waals surface area (Å²) in [6, 6.07) is 5.13. The van der Waals surface area contributed by atoms with Gasteiger partial charge in [-0.2, -0.15) is 11.8 Å². The summed E-state index contributed by atoms with van der Waals surface area (Å²) in [5, 5.41) is 22.8. The van der Waals surface area contributed by atoms with Crippen molar-refractivity contribution in [1.82, 2.24) is 5.32 Å². The van der Waals surface area contributed by atoms with Crippen LogP contribution in [0.1, 0.15) is 10.4 Å². The van der Waals surface area contributed by atoms with Crippen molar-refractivity contribution in [2.45, 2.75) is 12.1 Å². The fourth-order valence-corrected chi connectivity index (χ4v) is 2.84. The first-order valence-electron chi connectivity index (χ1n) is 5.39. The van der Waals surface area contributed by atoms with E-state index < -0.39 is 11.0 Å². The molecule has 2 N–H and O–H groups in total. The average Bonchev–Trinajstić information content (AvgIpc) is 2.75. The quantitative estimate of drug-likeness (QED) is 0.625. The van der Waals surface area contributed by atoms with E-state index in [1.54, 1.807) is 11.8 Å². The van der Waals surface area contributed by atoms with E-state index in [1.807, 2.05) is 0 Å². The maximum absolute atomic E-state index is 11.8. The number of non-ortho nitro benzene ring substituents is 1. The fourth-order valence-electron chi connectivity index (χ4n) is 1.67. The number of nitrogens with one attached hydrogen (secondary N) is 1. The number of benzene rings is 1. The standard InChI is InChI=1S/C11H12N2O4S/c14-10-6-18-5-9(10)12-11(15)7-1-3-8(4-2-7)13(16)17/h1-4,9-10,14H,5-6H2,(H,12,15). The fraction of sp³-hybridized carbons (Fsp3) is 0.364. The minimum Gasteiger partial charge on any atom is -0.390 e. The van der Waals surface area contributed by atoms with E-state index in [1.165, 1.54) is 24.3 Å². The van der Waals surface area contributed by atoms with Crippen LogP contribution in [0.15, 0.2) is 24.3 Å². The molecule has 1 aromatic carbocycles.